The van der Waals surface area contributed by atoms with Crippen molar-refractivity contribution < 1.29 is 9.53 Å². The summed E-state index contributed by atoms with van der Waals surface area (Å²) in [4.78, 5) is 12.4. The van der Waals surface area contributed by atoms with Crippen molar-refractivity contribution in [3.63, 3.8) is 0 Å². The highest BCUT2D eigenvalue weighted by molar-refractivity contribution is 7.99. The third kappa shape index (κ3) is 5.17. The van der Waals surface area contributed by atoms with Crippen LogP contribution < -0.4 is 10.1 Å². The topological polar surface area (TPSA) is 69.0 Å². The first kappa shape index (κ1) is 21.8. The van der Waals surface area contributed by atoms with E-state index in [4.69, 9.17) is 39.5 Å². The van der Waals surface area contributed by atoms with Gasteiger partial charge in [0.2, 0.25) is 5.91 Å². The molecule has 1 amide bonds. The van der Waals surface area contributed by atoms with Gasteiger partial charge in [-0.3, -0.25) is 4.79 Å². The molecular weight excluding hydrogens is 455 g/mol. The molecule has 0 aliphatic carbocycles. The Morgan fingerprint density at radius 3 is 2.62 bits per heavy atom. The van der Waals surface area contributed by atoms with Crippen LogP contribution in [0.25, 0.3) is 11.4 Å². The van der Waals surface area contributed by atoms with E-state index >= 15 is 0 Å². The van der Waals surface area contributed by atoms with Crippen molar-refractivity contribution in [1.82, 2.24) is 14.8 Å². The minimum absolute atomic E-state index is 0.132. The first-order valence-corrected chi connectivity index (χ1v) is 10.7. The van der Waals surface area contributed by atoms with E-state index in [1.54, 1.807) is 7.11 Å². The predicted molar refractivity (Wildman–Crippen MR) is 119 cm³/mol. The van der Waals surface area contributed by atoms with Crippen LogP contribution in [0.4, 0.5) is 5.69 Å². The Hall–Kier alpha value is -1.93. The lowest BCUT2D eigenvalue weighted by Crippen LogP contribution is -2.15. The molecule has 0 aliphatic heterocycles. The number of hydrogen-bond donors (Lipinski definition) is 1. The minimum atomic E-state index is -0.246. The average molecular weight is 472 g/mol. The van der Waals surface area contributed by atoms with Gasteiger partial charge >= 0.3 is 0 Å². The number of amides is 1. The summed E-state index contributed by atoms with van der Waals surface area (Å²) >= 11 is 19.3. The number of ether oxygens (including phenoxy) is 1. The second-order valence-corrected chi connectivity index (χ2v) is 8.03. The van der Waals surface area contributed by atoms with Crippen LogP contribution in [0.5, 0.6) is 5.75 Å². The number of carbonyl (C=O) groups is 1. The first-order valence-electron chi connectivity index (χ1n) is 8.57. The minimum Gasteiger partial charge on any atom is -0.497 e. The number of thioether (sulfide) groups is 1. The molecule has 0 fully saturated rings. The van der Waals surface area contributed by atoms with Gasteiger partial charge in [-0.15, -0.1) is 10.2 Å². The van der Waals surface area contributed by atoms with Gasteiger partial charge in [-0.25, -0.2) is 0 Å². The number of hydrogen-bond acceptors (Lipinski definition) is 5. The zero-order valence-corrected chi connectivity index (χ0v) is 18.7. The summed E-state index contributed by atoms with van der Waals surface area (Å²) < 4.78 is 7.22. The summed E-state index contributed by atoms with van der Waals surface area (Å²) in [6, 6.07) is 10.6. The summed E-state index contributed by atoms with van der Waals surface area (Å²) in [5, 5.41) is 12.8. The third-order valence-corrected chi connectivity index (χ3v) is 5.98. The molecular formula is C19H17Cl3N4O2S. The average Bonchev–Trinajstić information content (AvgIpc) is 3.13. The molecule has 0 atom stereocenters. The van der Waals surface area contributed by atoms with Crippen LogP contribution in [-0.2, 0) is 11.3 Å². The van der Waals surface area contributed by atoms with Crippen LogP contribution in [-0.4, -0.2) is 33.5 Å². The van der Waals surface area contributed by atoms with E-state index < -0.39 is 0 Å². The van der Waals surface area contributed by atoms with Crippen molar-refractivity contribution in [2.45, 2.75) is 18.6 Å². The second-order valence-electron chi connectivity index (χ2n) is 5.87. The quantitative estimate of drug-likeness (QED) is 0.355. The van der Waals surface area contributed by atoms with Crippen molar-refractivity contribution in [3.05, 3.63) is 51.5 Å². The number of anilines is 1. The molecule has 1 heterocycles. The lowest BCUT2D eigenvalue weighted by Gasteiger charge is -2.10. The zero-order valence-electron chi connectivity index (χ0n) is 15.6. The highest BCUT2D eigenvalue weighted by Gasteiger charge is 2.16. The van der Waals surface area contributed by atoms with Crippen molar-refractivity contribution >= 4 is 58.2 Å². The maximum atomic E-state index is 12.4. The Morgan fingerprint density at radius 1 is 1.14 bits per heavy atom. The number of halogens is 3. The molecule has 0 saturated heterocycles. The zero-order chi connectivity index (χ0) is 21.0. The van der Waals surface area contributed by atoms with Crippen LogP contribution in [0.2, 0.25) is 15.1 Å². The van der Waals surface area contributed by atoms with Crippen LogP contribution in [0.3, 0.4) is 0 Å². The van der Waals surface area contributed by atoms with Gasteiger partial charge in [0.25, 0.3) is 0 Å². The standard InChI is InChI=1S/C19H17Cl3N4O2S/c1-3-26-18(11-5-4-6-12(7-11)28-2)24-25-19(26)29-10-17(27)23-16-9-14(21)13(20)8-15(16)22/h4-9H,3,10H2,1-2H3,(H,23,27). The number of benzene rings is 2. The molecule has 0 unspecified atom stereocenters. The van der Waals surface area contributed by atoms with Crippen molar-refractivity contribution in [2.75, 3.05) is 18.2 Å². The monoisotopic (exact) mass is 470 g/mol. The summed E-state index contributed by atoms with van der Waals surface area (Å²) in [6.07, 6.45) is 0. The van der Waals surface area contributed by atoms with Crippen molar-refractivity contribution in [3.8, 4) is 17.1 Å². The number of carbonyl (C=O) groups excluding carboxylic acids is 1. The van der Waals surface area contributed by atoms with Gasteiger partial charge in [0.15, 0.2) is 11.0 Å². The van der Waals surface area contributed by atoms with Crippen LogP contribution in [0.15, 0.2) is 41.6 Å². The van der Waals surface area contributed by atoms with Crippen LogP contribution in [0, 0.1) is 0 Å². The summed E-state index contributed by atoms with van der Waals surface area (Å²) in [6.45, 7) is 2.65. The van der Waals surface area contributed by atoms with E-state index in [9.17, 15) is 4.79 Å². The molecule has 0 bridgehead atoms. The Balaban J connectivity index is 1.72. The molecule has 29 heavy (non-hydrogen) atoms. The maximum Gasteiger partial charge on any atom is 0.234 e. The van der Waals surface area contributed by atoms with Crippen molar-refractivity contribution in [2.24, 2.45) is 0 Å². The lowest BCUT2D eigenvalue weighted by molar-refractivity contribution is -0.113. The van der Waals surface area contributed by atoms with Crippen molar-refractivity contribution in [1.29, 1.82) is 0 Å². The van der Waals surface area contributed by atoms with Gasteiger partial charge in [-0.1, -0.05) is 58.7 Å². The number of rotatable bonds is 7. The molecule has 1 N–H and O–H groups in total. The summed E-state index contributed by atoms with van der Waals surface area (Å²) in [5.41, 5.74) is 1.29. The summed E-state index contributed by atoms with van der Waals surface area (Å²) in [7, 11) is 1.61. The SMILES string of the molecule is CCn1c(SCC(=O)Nc2cc(Cl)c(Cl)cc2Cl)nnc1-c1cccc(OC)c1. The Kier molecular flexibility index (Phi) is 7.29. The van der Waals surface area contributed by atoms with E-state index in [0.717, 1.165) is 11.3 Å². The second kappa shape index (κ2) is 9.71. The van der Waals surface area contributed by atoms with Gasteiger partial charge in [0.05, 0.1) is 33.6 Å². The molecule has 0 saturated carbocycles. The predicted octanol–water partition coefficient (Wildman–Crippen LogP) is 5.66. The first-order chi connectivity index (χ1) is 13.9. The Labute approximate surface area is 187 Å². The summed E-state index contributed by atoms with van der Waals surface area (Å²) in [5.74, 6) is 1.33. The molecule has 0 spiro atoms. The van der Waals surface area contributed by atoms with Crippen LogP contribution in [0.1, 0.15) is 6.92 Å². The number of nitrogens with one attached hydrogen (secondary N) is 1. The van der Waals surface area contributed by atoms with E-state index in [-0.39, 0.29) is 11.7 Å². The van der Waals surface area contributed by atoms with E-state index in [1.165, 1.54) is 23.9 Å². The fourth-order valence-electron chi connectivity index (χ4n) is 2.59. The molecule has 152 valence electrons. The fourth-order valence-corrected chi connectivity index (χ4v) is 3.99. The Morgan fingerprint density at radius 2 is 1.90 bits per heavy atom. The van der Waals surface area contributed by atoms with Crippen LogP contribution >= 0.6 is 46.6 Å². The molecule has 10 heteroatoms. The fraction of sp³-hybridized carbons (Fsp3) is 0.211. The number of methoxy groups -OCH3 is 1. The third-order valence-electron chi connectivity index (χ3n) is 3.98. The highest BCUT2D eigenvalue weighted by Crippen LogP contribution is 2.32. The number of nitrogens with zero attached hydrogens (tertiary/aromatic N) is 3. The van der Waals surface area contributed by atoms with E-state index in [0.29, 0.717) is 38.3 Å². The van der Waals surface area contributed by atoms with Gasteiger partial charge in [0, 0.05) is 12.1 Å². The van der Waals surface area contributed by atoms with Gasteiger partial charge in [-0.05, 0) is 31.2 Å². The molecule has 3 aromatic rings. The highest BCUT2D eigenvalue weighted by atomic mass is 35.5. The van der Waals surface area contributed by atoms with Gasteiger partial charge < -0.3 is 14.6 Å². The smallest absolute Gasteiger partial charge is 0.234 e. The largest absolute Gasteiger partial charge is 0.497 e. The van der Waals surface area contributed by atoms with Gasteiger partial charge in [0.1, 0.15) is 5.75 Å². The lowest BCUT2D eigenvalue weighted by atomic mass is 10.2. The van der Waals surface area contributed by atoms with Gasteiger partial charge in [-0.2, -0.15) is 0 Å². The maximum absolute atomic E-state index is 12.4. The van der Waals surface area contributed by atoms with E-state index in [2.05, 4.69) is 15.5 Å². The molecule has 0 aliphatic rings. The Bertz CT molecular complexity index is 1040. The molecule has 1 aromatic heterocycles. The molecule has 6 nitrogen and oxygen atoms in total. The molecule has 0 radical (unpaired) electrons. The molecule has 3 rings (SSSR count). The van der Waals surface area contributed by atoms with E-state index in [1.807, 2.05) is 35.8 Å². The number of aromatic nitrogens is 3. The molecule has 2 aromatic carbocycles. The normalized spacial score (nSPS) is 10.8.